The number of aliphatic hydroxyl groups is 1. The van der Waals surface area contributed by atoms with Crippen LogP contribution >= 0.6 is 11.6 Å². The van der Waals surface area contributed by atoms with Gasteiger partial charge in [0.1, 0.15) is 0 Å². The first-order valence-corrected chi connectivity index (χ1v) is 8.16. The van der Waals surface area contributed by atoms with Crippen molar-refractivity contribution < 1.29 is 5.11 Å². The van der Waals surface area contributed by atoms with Gasteiger partial charge < -0.3 is 10.8 Å². The van der Waals surface area contributed by atoms with E-state index in [1.165, 1.54) is 11.1 Å². The molecule has 0 aromatic heterocycles. The summed E-state index contributed by atoms with van der Waals surface area (Å²) in [6, 6.07) is 15.5. The SMILES string of the molecule is CCc1ccc(CC(C)C(N)C(O)c2cccc(Cl)c2)cc1. The van der Waals surface area contributed by atoms with Gasteiger partial charge in [0.15, 0.2) is 0 Å². The highest BCUT2D eigenvalue weighted by atomic mass is 35.5. The fourth-order valence-corrected chi connectivity index (χ4v) is 2.84. The van der Waals surface area contributed by atoms with Crippen molar-refractivity contribution in [1.29, 1.82) is 0 Å². The third kappa shape index (κ3) is 4.33. The molecular weight excluding hydrogens is 294 g/mol. The maximum atomic E-state index is 10.5. The van der Waals surface area contributed by atoms with E-state index >= 15 is 0 Å². The molecule has 2 aromatic rings. The molecule has 0 fully saturated rings. The van der Waals surface area contributed by atoms with E-state index in [9.17, 15) is 5.11 Å². The summed E-state index contributed by atoms with van der Waals surface area (Å²) < 4.78 is 0. The molecule has 0 amide bonds. The monoisotopic (exact) mass is 317 g/mol. The molecule has 2 nitrogen and oxygen atoms in total. The fraction of sp³-hybridized carbons (Fsp3) is 0.368. The highest BCUT2D eigenvalue weighted by Gasteiger charge is 2.23. The van der Waals surface area contributed by atoms with Gasteiger partial charge in [-0.3, -0.25) is 0 Å². The fourth-order valence-electron chi connectivity index (χ4n) is 2.64. The lowest BCUT2D eigenvalue weighted by Crippen LogP contribution is -2.36. The molecular formula is C19H24ClNO. The first-order valence-electron chi connectivity index (χ1n) is 7.78. The Bertz CT molecular complexity index is 597. The predicted octanol–water partition coefficient (Wildman–Crippen LogP) is 4.14. The van der Waals surface area contributed by atoms with Gasteiger partial charge in [-0.05, 0) is 47.6 Å². The van der Waals surface area contributed by atoms with E-state index in [-0.39, 0.29) is 12.0 Å². The van der Waals surface area contributed by atoms with Crippen LogP contribution in [-0.4, -0.2) is 11.1 Å². The van der Waals surface area contributed by atoms with Crippen LogP contribution in [0.2, 0.25) is 5.02 Å². The van der Waals surface area contributed by atoms with Gasteiger partial charge in [-0.25, -0.2) is 0 Å². The van der Waals surface area contributed by atoms with Crippen LogP contribution in [-0.2, 0) is 12.8 Å². The summed E-state index contributed by atoms with van der Waals surface area (Å²) in [5.74, 6) is 0.168. The zero-order valence-electron chi connectivity index (χ0n) is 13.2. The molecule has 3 unspecified atom stereocenters. The minimum atomic E-state index is -0.705. The number of benzene rings is 2. The van der Waals surface area contributed by atoms with E-state index < -0.39 is 6.10 Å². The molecule has 0 saturated carbocycles. The van der Waals surface area contributed by atoms with Crippen LogP contribution < -0.4 is 5.73 Å². The molecule has 0 aliphatic heterocycles. The van der Waals surface area contributed by atoms with Gasteiger partial charge in [0.25, 0.3) is 0 Å². The van der Waals surface area contributed by atoms with E-state index in [1.54, 1.807) is 12.1 Å². The summed E-state index contributed by atoms with van der Waals surface area (Å²) in [6.45, 7) is 4.22. The number of aryl methyl sites for hydroxylation is 1. The second kappa shape index (κ2) is 7.77. The Balaban J connectivity index is 2.02. The van der Waals surface area contributed by atoms with Crippen molar-refractivity contribution >= 4 is 11.6 Å². The van der Waals surface area contributed by atoms with Crippen LogP contribution in [0.1, 0.15) is 36.6 Å². The molecule has 3 atom stereocenters. The normalized spacial score (nSPS) is 15.3. The average Bonchev–Trinajstić information content (AvgIpc) is 2.54. The molecule has 0 aliphatic rings. The Kier molecular flexibility index (Phi) is 6.01. The van der Waals surface area contributed by atoms with Crippen LogP contribution in [0.4, 0.5) is 0 Å². The highest BCUT2D eigenvalue weighted by Crippen LogP contribution is 2.25. The molecule has 22 heavy (non-hydrogen) atoms. The van der Waals surface area contributed by atoms with Crippen molar-refractivity contribution in [3.05, 3.63) is 70.2 Å². The first-order chi connectivity index (χ1) is 10.5. The van der Waals surface area contributed by atoms with Gasteiger partial charge in [0, 0.05) is 11.1 Å². The molecule has 0 saturated heterocycles. The van der Waals surface area contributed by atoms with E-state index in [2.05, 4.69) is 38.1 Å². The third-order valence-corrected chi connectivity index (χ3v) is 4.44. The molecule has 118 valence electrons. The Labute approximate surface area is 137 Å². The summed E-state index contributed by atoms with van der Waals surface area (Å²) in [4.78, 5) is 0. The zero-order valence-corrected chi connectivity index (χ0v) is 13.9. The van der Waals surface area contributed by atoms with Gasteiger partial charge in [-0.15, -0.1) is 0 Å². The average molecular weight is 318 g/mol. The summed E-state index contributed by atoms with van der Waals surface area (Å²) in [5.41, 5.74) is 9.61. The van der Waals surface area contributed by atoms with Crippen molar-refractivity contribution in [3.8, 4) is 0 Å². The third-order valence-electron chi connectivity index (χ3n) is 4.20. The van der Waals surface area contributed by atoms with Crippen molar-refractivity contribution in [3.63, 3.8) is 0 Å². The topological polar surface area (TPSA) is 46.2 Å². The van der Waals surface area contributed by atoms with E-state index in [1.807, 2.05) is 12.1 Å². The van der Waals surface area contributed by atoms with Crippen molar-refractivity contribution in [2.24, 2.45) is 11.7 Å². The maximum Gasteiger partial charge on any atom is 0.0944 e. The van der Waals surface area contributed by atoms with Crippen LogP contribution in [0.25, 0.3) is 0 Å². The largest absolute Gasteiger partial charge is 0.387 e. The molecule has 3 heteroatoms. The van der Waals surface area contributed by atoms with Crippen molar-refractivity contribution in [1.82, 2.24) is 0 Å². The minimum Gasteiger partial charge on any atom is -0.387 e. The van der Waals surface area contributed by atoms with Crippen LogP contribution in [0.15, 0.2) is 48.5 Å². The predicted molar refractivity (Wildman–Crippen MR) is 93.1 cm³/mol. The molecule has 0 spiro atoms. The second-order valence-electron chi connectivity index (χ2n) is 5.93. The van der Waals surface area contributed by atoms with Gasteiger partial charge in [-0.2, -0.15) is 0 Å². The van der Waals surface area contributed by atoms with E-state index in [0.29, 0.717) is 5.02 Å². The molecule has 2 aromatic carbocycles. The second-order valence-corrected chi connectivity index (χ2v) is 6.37. The van der Waals surface area contributed by atoms with E-state index in [0.717, 1.165) is 18.4 Å². The minimum absolute atomic E-state index is 0.168. The smallest absolute Gasteiger partial charge is 0.0944 e. The summed E-state index contributed by atoms with van der Waals surface area (Å²) >= 11 is 5.98. The van der Waals surface area contributed by atoms with E-state index in [4.69, 9.17) is 17.3 Å². The lowest BCUT2D eigenvalue weighted by Gasteiger charge is -2.25. The van der Waals surface area contributed by atoms with Crippen LogP contribution in [0, 0.1) is 5.92 Å². The summed E-state index contributed by atoms with van der Waals surface area (Å²) in [5, 5.41) is 11.1. The quantitative estimate of drug-likeness (QED) is 0.841. The Morgan fingerprint density at radius 2 is 1.73 bits per heavy atom. The number of nitrogens with two attached hydrogens (primary N) is 1. The maximum absolute atomic E-state index is 10.5. The molecule has 2 rings (SSSR count). The first kappa shape index (κ1) is 17.0. The van der Waals surface area contributed by atoms with Crippen LogP contribution in [0.5, 0.6) is 0 Å². The summed E-state index contributed by atoms with van der Waals surface area (Å²) in [7, 11) is 0. The Hall–Kier alpha value is -1.35. The standard InChI is InChI=1S/C19H24ClNO/c1-3-14-7-9-15(10-8-14)11-13(2)18(21)19(22)16-5-4-6-17(20)12-16/h4-10,12-13,18-19,22H,3,11,21H2,1-2H3. The highest BCUT2D eigenvalue weighted by molar-refractivity contribution is 6.30. The molecule has 0 aliphatic carbocycles. The zero-order chi connectivity index (χ0) is 16.1. The lowest BCUT2D eigenvalue weighted by atomic mass is 9.88. The number of hydrogen-bond acceptors (Lipinski definition) is 2. The number of aliphatic hydroxyl groups excluding tert-OH is 1. The van der Waals surface area contributed by atoms with Crippen LogP contribution in [0.3, 0.4) is 0 Å². The number of rotatable bonds is 6. The molecule has 3 N–H and O–H groups in total. The van der Waals surface area contributed by atoms with Crippen molar-refractivity contribution in [2.45, 2.75) is 38.8 Å². The Morgan fingerprint density at radius 1 is 1.09 bits per heavy atom. The lowest BCUT2D eigenvalue weighted by molar-refractivity contribution is 0.121. The Morgan fingerprint density at radius 3 is 2.32 bits per heavy atom. The number of hydrogen-bond donors (Lipinski definition) is 2. The molecule has 0 heterocycles. The molecule has 0 bridgehead atoms. The van der Waals surface area contributed by atoms with Crippen molar-refractivity contribution in [2.75, 3.05) is 0 Å². The van der Waals surface area contributed by atoms with Gasteiger partial charge in [-0.1, -0.05) is 61.8 Å². The van der Waals surface area contributed by atoms with Gasteiger partial charge in [0.2, 0.25) is 0 Å². The van der Waals surface area contributed by atoms with Gasteiger partial charge in [0.05, 0.1) is 6.10 Å². The summed E-state index contributed by atoms with van der Waals surface area (Å²) in [6.07, 6.45) is 1.19. The van der Waals surface area contributed by atoms with Gasteiger partial charge >= 0.3 is 0 Å². The number of halogens is 1. The molecule has 0 radical (unpaired) electrons.